The molecule has 0 spiro atoms. The molecule has 0 bridgehead atoms. The molecule has 0 aromatic heterocycles. The third-order valence-electron chi connectivity index (χ3n) is 6.12. The summed E-state index contributed by atoms with van der Waals surface area (Å²) in [4.78, 5) is 13.0. The summed E-state index contributed by atoms with van der Waals surface area (Å²) in [6.07, 6.45) is -2.25. The minimum Gasteiger partial charge on any atom is -0.388 e. The van der Waals surface area contributed by atoms with E-state index in [1.807, 2.05) is 26.0 Å². The van der Waals surface area contributed by atoms with Crippen LogP contribution in [0.2, 0.25) is 10.0 Å². The van der Waals surface area contributed by atoms with Crippen molar-refractivity contribution in [3.8, 4) is 0 Å². The van der Waals surface area contributed by atoms with Gasteiger partial charge < -0.3 is 30.7 Å². The molecule has 1 aromatic rings. The van der Waals surface area contributed by atoms with Crippen molar-refractivity contribution >= 4 is 52.6 Å². The molecule has 8 atom stereocenters. The van der Waals surface area contributed by atoms with Gasteiger partial charge in [-0.1, -0.05) is 43.1 Å². The van der Waals surface area contributed by atoms with Crippen LogP contribution in [0.25, 0.3) is 0 Å². The van der Waals surface area contributed by atoms with Gasteiger partial charge in [0.25, 0.3) is 0 Å². The molecule has 0 saturated carbocycles. The van der Waals surface area contributed by atoms with Crippen LogP contribution < -0.4 is 10.6 Å². The third-order valence-corrected chi connectivity index (χ3v) is 8.87. The summed E-state index contributed by atoms with van der Waals surface area (Å²) < 4.78 is 5.89. The quantitative estimate of drug-likeness (QED) is 0.342. The van der Waals surface area contributed by atoms with Crippen molar-refractivity contribution in [2.45, 2.75) is 73.2 Å². The molecule has 3 rings (SSSR count). The van der Waals surface area contributed by atoms with Gasteiger partial charge in [-0.2, -0.15) is 11.8 Å². The molecule has 2 heterocycles. The first-order valence-electron chi connectivity index (χ1n) is 10.9. The number of halogens is 2. The Labute approximate surface area is 213 Å². The fourth-order valence-corrected chi connectivity index (χ4v) is 6.58. The predicted molar refractivity (Wildman–Crippen MR) is 135 cm³/mol. The van der Waals surface area contributed by atoms with Crippen molar-refractivity contribution in [1.29, 1.82) is 0 Å². The summed E-state index contributed by atoms with van der Waals surface area (Å²) in [5, 5.41) is 38.7. The van der Waals surface area contributed by atoms with Gasteiger partial charge in [0.1, 0.15) is 29.9 Å². The highest BCUT2D eigenvalue weighted by molar-refractivity contribution is 7.99. The van der Waals surface area contributed by atoms with E-state index in [1.165, 1.54) is 11.8 Å². The molecule has 2 saturated heterocycles. The second-order valence-corrected chi connectivity index (χ2v) is 11.9. The van der Waals surface area contributed by atoms with E-state index in [2.05, 4.69) is 10.6 Å². The van der Waals surface area contributed by atoms with E-state index >= 15 is 0 Å². The molecule has 1 aromatic carbocycles. The van der Waals surface area contributed by atoms with Gasteiger partial charge in [0.15, 0.2) is 0 Å². The summed E-state index contributed by atoms with van der Waals surface area (Å²) in [5.41, 5.74) is 0.322. The Balaban J connectivity index is 1.57. The molecule has 11 heteroatoms. The molecule has 0 radical (unpaired) electrons. The molecule has 0 unspecified atom stereocenters. The van der Waals surface area contributed by atoms with Gasteiger partial charge in [0.05, 0.1) is 12.1 Å². The SMILES string of the molecule is CS[C@H]1O[C@H]([C@H](NC(=O)[C@@H]2C[C@H](SCc3ccc(Cl)cc3Cl)CN2)C(C)C)[C@H](O)[C@H](O)[C@H]1O. The number of carbonyl (C=O) groups is 1. The number of amides is 1. The molecular formula is C22H32Cl2N2O5S2. The van der Waals surface area contributed by atoms with E-state index in [0.717, 1.165) is 11.3 Å². The Kier molecular flexibility index (Phi) is 10.1. The van der Waals surface area contributed by atoms with Gasteiger partial charge in [0.2, 0.25) is 5.91 Å². The first-order valence-corrected chi connectivity index (χ1v) is 14.0. The lowest BCUT2D eigenvalue weighted by Gasteiger charge is -2.44. The Morgan fingerprint density at radius 1 is 1.24 bits per heavy atom. The topological polar surface area (TPSA) is 111 Å². The number of thioether (sulfide) groups is 2. The minimum atomic E-state index is -1.34. The molecule has 2 aliphatic rings. The zero-order valence-corrected chi connectivity index (χ0v) is 21.9. The molecule has 2 fully saturated rings. The van der Waals surface area contributed by atoms with Gasteiger partial charge in [-0.3, -0.25) is 4.79 Å². The van der Waals surface area contributed by atoms with Crippen LogP contribution in [0.3, 0.4) is 0 Å². The maximum absolute atomic E-state index is 13.0. The Morgan fingerprint density at radius 3 is 2.61 bits per heavy atom. The second kappa shape index (κ2) is 12.1. The lowest BCUT2D eigenvalue weighted by molar-refractivity contribution is -0.208. The molecule has 5 N–H and O–H groups in total. The van der Waals surface area contributed by atoms with Gasteiger partial charge in [-0.05, 0) is 36.3 Å². The normalized spacial score (nSPS) is 33.3. The number of ether oxygens (including phenoxy) is 1. The number of rotatable bonds is 8. The lowest BCUT2D eigenvalue weighted by atomic mass is 9.88. The summed E-state index contributed by atoms with van der Waals surface area (Å²) in [6, 6.07) is 4.58. The summed E-state index contributed by atoms with van der Waals surface area (Å²) in [6.45, 7) is 4.54. The molecule has 2 aliphatic heterocycles. The van der Waals surface area contributed by atoms with Crippen LogP contribution in [0.15, 0.2) is 18.2 Å². The van der Waals surface area contributed by atoms with E-state index < -0.39 is 35.9 Å². The molecule has 186 valence electrons. The molecule has 1 amide bonds. The van der Waals surface area contributed by atoms with Crippen LogP contribution in [0, 0.1) is 5.92 Å². The third kappa shape index (κ3) is 6.71. The van der Waals surface area contributed by atoms with E-state index in [-0.39, 0.29) is 23.1 Å². The number of carbonyl (C=O) groups excluding carboxylic acids is 1. The van der Waals surface area contributed by atoms with Crippen LogP contribution in [0.1, 0.15) is 25.8 Å². The largest absolute Gasteiger partial charge is 0.388 e. The monoisotopic (exact) mass is 538 g/mol. The second-order valence-electron chi connectivity index (χ2n) is 8.82. The van der Waals surface area contributed by atoms with Crippen LogP contribution >= 0.6 is 46.7 Å². The number of hydrogen-bond donors (Lipinski definition) is 5. The predicted octanol–water partition coefficient (Wildman–Crippen LogP) is 2.27. The van der Waals surface area contributed by atoms with Crippen LogP contribution in [-0.4, -0.2) is 81.2 Å². The number of nitrogens with one attached hydrogen (secondary N) is 2. The Bertz CT molecular complexity index is 819. The number of aliphatic hydroxyl groups excluding tert-OH is 3. The number of aliphatic hydroxyl groups is 3. The zero-order chi connectivity index (χ0) is 24.3. The molecule has 0 aliphatic carbocycles. The van der Waals surface area contributed by atoms with Crippen molar-refractivity contribution in [3.05, 3.63) is 33.8 Å². The van der Waals surface area contributed by atoms with Crippen molar-refractivity contribution in [2.75, 3.05) is 12.8 Å². The lowest BCUT2D eigenvalue weighted by Crippen LogP contribution is -2.64. The Hall–Kier alpha value is -0.230. The van der Waals surface area contributed by atoms with Gasteiger partial charge in [0, 0.05) is 27.6 Å². The first kappa shape index (κ1) is 27.4. The fraction of sp³-hybridized carbons (Fsp3) is 0.682. The van der Waals surface area contributed by atoms with Crippen molar-refractivity contribution < 1.29 is 24.9 Å². The fourth-order valence-electron chi connectivity index (χ4n) is 4.13. The number of benzene rings is 1. The van der Waals surface area contributed by atoms with Crippen LogP contribution in [-0.2, 0) is 15.3 Å². The van der Waals surface area contributed by atoms with Gasteiger partial charge in [-0.25, -0.2) is 0 Å². The summed E-state index contributed by atoms with van der Waals surface area (Å²) >= 11 is 15.2. The average Bonchev–Trinajstić information content (AvgIpc) is 3.25. The van der Waals surface area contributed by atoms with Gasteiger partial charge in [-0.15, -0.1) is 11.8 Å². The summed E-state index contributed by atoms with van der Waals surface area (Å²) in [7, 11) is 0. The standard InChI is InChI=1S/C22H32Cl2N2O5S2/c1-10(2)16(20-18(28)17(27)19(29)22(31-20)32-3)26-21(30)15-7-13(8-25-15)33-9-11-4-5-12(23)6-14(11)24/h4-6,10,13,15-20,22,25,27-29H,7-9H2,1-3H3,(H,26,30)/t13-,15-,16+,17-,18+,19+,20+,22+/m0/s1. The summed E-state index contributed by atoms with van der Waals surface area (Å²) in [5.74, 6) is 0.500. The first-order chi connectivity index (χ1) is 15.6. The molecule has 7 nitrogen and oxygen atoms in total. The molecular weight excluding hydrogens is 507 g/mol. The maximum Gasteiger partial charge on any atom is 0.237 e. The van der Waals surface area contributed by atoms with Crippen LogP contribution in [0.4, 0.5) is 0 Å². The van der Waals surface area contributed by atoms with E-state index in [4.69, 9.17) is 27.9 Å². The maximum atomic E-state index is 13.0. The van der Waals surface area contributed by atoms with E-state index in [0.29, 0.717) is 23.0 Å². The Morgan fingerprint density at radius 2 is 1.97 bits per heavy atom. The van der Waals surface area contributed by atoms with Crippen LogP contribution in [0.5, 0.6) is 0 Å². The van der Waals surface area contributed by atoms with Crippen molar-refractivity contribution in [3.63, 3.8) is 0 Å². The highest BCUT2D eigenvalue weighted by Gasteiger charge is 2.47. The highest BCUT2D eigenvalue weighted by atomic mass is 35.5. The minimum absolute atomic E-state index is 0.0582. The van der Waals surface area contributed by atoms with Crippen molar-refractivity contribution in [1.82, 2.24) is 10.6 Å². The molecule has 33 heavy (non-hydrogen) atoms. The van der Waals surface area contributed by atoms with Gasteiger partial charge >= 0.3 is 0 Å². The van der Waals surface area contributed by atoms with Crippen molar-refractivity contribution in [2.24, 2.45) is 5.92 Å². The smallest absolute Gasteiger partial charge is 0.237 e. The highest BCUT2D eigenvalue weighted by Crippen LogP contribution is 2.32. The van der Waals surface area contributed by atoms with E-state index in [1.54, 1.807) is 24.1 Å². The van der Waals surface area contributed by atoms with E-state index in [9.17, 15) is 20.1 Å². The average molecular weight is 540 g/mol. The zero-order valence-electron chi connectivity index (χ0n) is 18.8. The number of hydrogen-bond acceptors (Lipinski definition) is 8.